The maximum Gasteiger partial charge on any atom is 0.401 e. The summed E-state index contributed by atoms with van der Waals surface area (Å²) in [6, 6.07) is 11.7. The first-order chi connectivity index (χ1) is 18.5. The number of nitrogens with zero attached hydrogens (tertiary/aromatic N) is 3. The van der Waals surface area contributed by atoms with E-state index in [0.717, 1.165) is 23.3 Å². The minimum absolute atomic E-state index is 0.00974. The van der Waals surface area contributed by atoms with E-state index >= 15 is 0 Å². The summed E-state index contributed by atoms with van der Waals surface area (Å²) in [6.45, 7) is 3.21. The molecule has 0 bridgehead atoms. The molecule has 0 spiro atoms. The van der Waals surface area contributed by atoms with Crippen LogP contribution in [0.2, 0.25) is 0 Å². The van der Waals surface area contributed by atoms with Crippen molar-refractivity contribution in [2.24, 2.45) is 0 Å². The zero-order chi connectivity index (χ0) is 27.9. The lowest BCUT2D eigenvalue weighted by Gasteiger charge is -2.30. The summed E-state index contributed by atoms with van der Waals surface area (Å²) in [7, 11) is 0. The SMILES string of the molecule is Cc1cccc(C)c1-n1cc(-c2nc(C3CCN(CC(F)(F)F)CC3)oc2-c2ccc(F)cc2F)ccc1=O. The molecule has 0 radical (unpaired) electrons. The molecule has 4 aromatic rings. The number of alkyl halides is 3. The number of rotatable bonds is 5. The smallest absolute Gasteiger partial charge is 0.401 e. The fraction of sp³-hybridized carbons (Fsp3) is 0.310. The fourth-order valence-corrected chi connectivity index (χ4v) is 5.14. The highest BCUT2D eigenvalue weighted by atomic mass is 19.4. The van der Waals surface area contributed by atoms with Crippen LogP contribution in [-0.4, -0.2) is 40.3 Å². The second-order valence-corrected chi connectivity index (χ2v) is 9.89. The molecule has 10 heteroatoms. The number of oxazole rings is 1. The van der Waals surface area contributed by atoms with Gasteiger partial charge in [-0.15, -0.1) is 0 Å². The lowest BCUT2D eigenvalue weighted by atomic mass is 9.97. The highest BCUT2D eigenvalue weighted by Gasteiger charge is 2.34. The largest absolute Gasteiger partial charge is 0.440 e. The molecule has 0 amide bonds. The van der Waals surface area contributed by atoms with Gasteiger partial charge in [0.1, 0.15) is 17.3 Å². The van der Waals surface area contributed by atoms with Gasteiger partial charge in [-0.25, -0.2) is 13.8 Å². The molecule has 0 unspecified atom stereocenters. The topological polar surface area (TPSA) is 51.3 Å². The molecule has 0 N–H and O–H groups in total. The van der Waals surface area contributed by atoms with E-state index in [1.54, 1.807) is 12.3 Å². The second-order valence-electron chi connectivity index (χ2n) is 9.89. The van der Waals surface area contributed by atoms with E-state index in [2.05, 4.69) is 4.98 Å². The summed E-state index contributed by atoms with van der Waals surface area (Å²) in [5.74, 6) is -1.55. The molecule has 1 aliphatic heterocycles. The van der Waals surface area contributed by atoms with Gasteiger partial charge in [0.05, 0.1) is 17.8 Å². The Balaban J connectivity index is 1.58. The molecule has 39 heavy (non-hydrogen) atoms. The number of benzene rings is 2. The molecule has 3 heterocycles. The van der Waals surface area contributed by atoms with Gasteiger partial charge < -0.3 is 4.42 Å². The van der Waals surface area contributed by atoms with Crippen LogP contribution < -0.4 is 5.56 Å². The van der Waals surface area contributed by atoms with Crippen molar-refractivity contribution < 1.29 is 26.4 Å². The first-order valence-electron chi connectivity index (χ1n) is 12.5. The van der Waals surface area contributed by atoms with Crippen molar-refractivity contribution in [3.63, 3.8) is 0 Å². The van der Waals surface area contributed by atoms with Crippen molar-refractivity contribution in [3.05, 3.63) is 93.7 Å². The quantitative estimate of drug-likeness (QED) is 0.260. The molecule has 5 nitrogen and oxygen atoms in total. The van der Waals surface area contributed by atoms with E-state index in [-0.39, 0.29) is 47.5 Å². The van der Waals surface area contributed by atoms with Crippen molar-refractivity contribution in [2.45, 2.75) is 38.8 Å². The Kier molecular flexibility index (Phi) is 7.15. The van der Waals surface area contributed by atoms with Crippen molar-refractivity contribution >= 4 is 0 Å². The van der Waals surface area contributed by atoms with Crippen LogP contribution in [0, 0.1) is 25.5 Å². The van der Waals surface area contributed by atoms with Gasteiger partial charge in [0, 0.05) is 29.8 Å². The Labute approximate surface area is 221 Å². The lowest BCUT2D eigenvalue weighted by Crippen LogP contribution is -2.39. The van der Waals surface area contributed by atoms with E-state index in [1.807, 2.05) is 32.0 Å². The van der Waals surface area contributed by atoms with Crippen LogP contribution in [0.5, 0.6) is 0 Å². The number of hydrogen-bond acceptors (Lipinski definition) is 4. The summed E-state index contributed by atoms with van der Waals surface area (Å²) >= 11 is 0. The maximum absolute atomic E-state index is 14.9. The highest BCUT2D eigenvalue weighted by molar-refractivity contribution is 5.77. The van der Waals surface area contributed by atoms with Gasteiger partial charge >= 0.3 is 6.18 Å². The highest BCUT2D eigenvalue weighted by Crippen LogP contribution is 2.39. The number of piperidine rings is 1. The number of aryl methyl sites for hydroxylation is 2. The third-order valence-electron chi connectivity index (χ3n) is 7.02. The normalized spacial score (nSPS) is 15.2. The Morgan fingerprint density at radius 1 is 1.00 bits per heavy atom. The maximum atomic E-state index is 14.9. The van der Waals surface area contributed by atoms with Crippen molar-refractivity contribution in [3.8, 4) is 28.3 Å². The first-order valence-corrected chi connectivity index (χ1v) is 12.5. The molecular weight excluding hydrogens is 517 g/mol. The summed E-state index contributed by atoms with van der Waals surface area (Å²) in [5, 5.41) is 0. The number of para-hydroxylation sites is 1. The average molecular weight is 544 g/mol. The molecule has 1 fully saturated rings. The van der Waals surface area contributed by atoms with E-state index in [4.69, 9.17) is 4.42 Å². The molecule has 5 rings (SSSR count). The van der Waals surface area contributed by atoms with Crippen molar-refractivity contribution in [1.29, 1.82) is 0 Å². The molecule has 0 aliphatic carbocycles. The minimum Gasteiger partial charge on any atom is -0.440 e. The predicted octanol–water partition coefficient (Wildman–Crippen LogP) is 6.80. The molecule has 0 atom stereocenters. The van der Waals surface area contributed by atoms with Gasteiger partial charge in [0.15, 0.2) is 11.7 Å². The van der Waals surface area contributed by atoms with Gasteiger partial charge in [-0.05, 0) is 69.1 Å². The van der Waals surface area contributed by atoms with Crippen LogP contribution in [0.25, 0.3) is 28.3 Å². The summed E-state index contributed by atoms with van der Waals surface area (Å²) in [4.78, 5) is 18.9. The van der Waals surface area contributed by atoms with E-state index in [1.165, 1.54) is 21.6 Å². The zero-order valence-corrected chi connectivity index (χ0v) is 21.4. The van der Waals surface area contributed by atoms with E-state index < -0.39 is 24.4 Å². The van der Waals surface area contributed by atoms with Gasteiger partial charge in [-0.3, -0.25) is 14.3 Å². The molecule has 2 aromatic carbocycles. The van der Waals surface area contributed by atoms with Crippen molar-refractivity contribution in [2.75, 3.05) is 19.6 Å². The standard InChI is InChI=1S/C29H26F5N3O2/c1-17-4-3-5-18(2)26(17)37-15-20(6-9-24(37)38)25-27(22-8-7-21(30)14-23(22)31)39-28(35-25)19-10-12-36(13-11-19)16-29(32,33)34/h3-9,14-15,19H,10-13,16H2,1-2H3. The first kappa shape index (κ1) is 26.8. The Morgan fingerprint density at radius 3 is 2.33 bits per heavy atom. The van der Waals surface area contributed by atoms with Crippen LogP contribution >= 0.6 is 0 Å². The minimum atomic E-state index is -4.28. The van der Waals surface area contributed by atoms with Crippen LogP contribution in [0.1, 0.15) is 35.8 Å². The lowest BCUT2D eigenvalue weighted by molar-refractivity contribution is -0.148. The molecular formula is C29H26F5N3O2. The van der Waals surface area contributed by atoms with Crippen LogP contribution in [0.4, 0.5) is 22.0 Å². The number of aromatic nitrogens is 2. The fourth-order valence-electron chi connectivity index (χ4n) is 5.14. The number of halogens is 5. The number of pyridine rings is 1. The van der Waals surface area contributed by atoms with Gasteiger partial charge in [0.2, 0.25) is 0 Å². The van der Waals surface area contributed by atoms with Crippen molar-refractivity contribution in [1.82, 2.24) is 14.5 Å². The molecule has 0 saturated carbocycles. The summed E-state index contributed by atoms with van der Waals surface area (Å²) in [6.07, 6.45) is -1.92. The van der Waals surface area contributed by atoms with E-state index in [0.29, 0.717) is 24.1 Å². The third-order valence-corrected chi connectivity index (χ3v) is 7.02. The summed E-state index contributed by atoms with van der Waals surface area (Å²) in [5.41, 5.74) is 2.92. The van der Waals surface area contributed by atoms with Crippen LogP contribution in [0.3, 0.4) is 0 Å². The third kappa shape index (κ3) is 5.66. The van der Waals surface area contributed by atoms with Gasteiger partial charge in [-0.2, -0.15) is 13.2 Å². The molecule has 1 aliphatic rings. The second kappa shape index (κ2) is 10.4. The van der Waals surface area contributed by atoms with Crippen LogP contribution in [0.15, 0.2) is 63.9 Å². The van der Waals surface area contributed by atoms with E-state index in [9.17, 15) is 26.7 Å². The average Bonchev–Trinajstić information content (AvgIpc) is 3.29. The zero-order valence-electron chi connectivity index (χ0n) is 21.4. The number of hydrogen-bond donors (Lipinski definition) is 0. The van der Waals surface area contributed by atoms with Gasteiger partial charge in [-0.1, -0.05) is 18.2 Å². The number of likely N-dealkylation sites (tertiary alicyclic amines) is 1. The Hall–Kier alpha value is -3.79. The van der Waals surface area contributed by atoms with Crippen LogP contribution in [-0.2, 0) is 0 Å². The van der Waals surface area contributed by atoms with Gasteiger partial charge in [0.25, 0.3) is 5.56 Å². The predicted molar refractivity (Wildman–Crippen MR) is 137 cm³/mol. The Bertz CT molecular complexity index is 1550. The summed E-state index contributed by atoms with van der Waals surface area (Å²) < 4.78 is 74.7. The molecule has 1 saturated heterocycles. The monoisotopic (exact) mass is 543 g/mol. The Morgan fingerprint density at radius 2 is 1.69 bits per heavy atom. The molecule has 204 valence electrons. The molecule has 2 aromatic heterocycles.